The first-order valence-electron chi connectivity index (χ1n) is 12.8. The highest BCUT2D eigenvalue weighted by Crippen LogP contribution is 2.33. The first kappa shape index (κ1) is 29.0. The van der Waals surface area contributed by atoms with Crippen LogP contribution in [-0.4, -0.2) is 44.1 Å². The standard InChI is InChI=1S/C30H32N2O7S/c1-18(2)26(29(35)38-5)32-40(36,37)30(16-14-22(15-17-30)21-10-7-6-8-11-21)31-28(34)27-19(3)25-23(20(4)33)12-9-13-24(25)39-27/h6-18,22,26,32H,1-5H3,(H,31,34)/t22?,26-,30?/m0/s1. The van der Waals surface area contributed by atoms with Gasteiger partial charge in [-0.3, -0.25) is 14.4 Å². The molecule has 1 amide bonds. The van der Waals surface area contributed by atoms with E-state index in [1.807, 2.05) is 30.3 Å². The van der Waals surface area contributed by atoms with Crippen molar-refractivity contribution in [3.05, 3.63) is 95.3 Å². The zero-order valence-electron chi connectivity index (χ0n) is 22.9. The van der Waals surface area contributed by atoms with Gasteiger partial charge in [0, 0.05) is 22.4 Å². The largest absolute Gasteiger partial charge is 0.468 e. The van der Waals surface area contributed by atoms with Gasteiger partial charge in [0.15, 0.2) is 16.4 Å². The van der Waals surface area contributed by atoms with E-state index >= 15 is 0 Å². The summed E-state index contributed by atoms with van der Waals surface area (Å²) in [6.45, 7) is 6.41. The highest BCUT2D eigenvalue weighted by atomic mass is 32.2. The van der Waals surface area contributed by atoms with Crippen molar-refractivity contribution in [2.24, 2.45) is 5.92 Å². The number of rotatable bonds is 9. The average molecular weight is 565 g/mol. The fourth-order valence-electron chi connectivity index (χ4n) is 4.74. The van der Waals surface area contributed by atoms with Gasteiger partial charge in [0.25, 0.3) is 5.91 Å². The number of benzene rings is 2. The number of carbonyl (C=O) groups is 3. The second-order valence-corrected chi connectivity index (χ2v) is 12.0. The van der Waals surface area contributed by atoms with Crippen LogP contribution in [0.1, 0.15) is 58.7 Å². The van der Waals surface area contributed by atoms with Crippen LogP contribution in [0.2, 0.25) is 0 Å². The van der Waals surface area contributed by atoms with Crippen LogP contribution < -0.4 is 10.0 Å². The summed E-state index contributed by atoms with van der Waals surface area (Å²) in [5.74, 6) is -2.56. The number of esters is 1. The first-order chi connectivity index (χ1) is 18.9. The Kier molecular flexibility index (Phi) is 8.13. The summed E-state index contributed by atoms with van der Waals surface area (Å²) >= 11 is 0. The van der Waals surface area contributed by atoms with Crippen molar-refractivity contribution in [1.82, 2.24) is 10.0 Å². The number of fused-ring (bicyclic) bond motifs is 1. The maximum absolute atomic E-state index is 13.9. The molecule has 0 unspecified atom stereocenters. The van der Waals surface area contributed by atoms with Crippen LogP contribution >= 0.6 is 0 Å². The molecule has 0 fully saturated rings. The predicted molar refractivity (Wildman–Crippen MR) is 151 cm³/mol. The Balaban J connectivity index is 1.78. The van der Waals surface area contributed by atoms with Crippen LogP contribution in [0.25, 0.3) is 11.0 Å². The second-order valence-electron chi connectivity index (χ2n) is 10.1. The molecule has 40 heavy (non-hydrogen) atoms. The number of amides is 1. The van der Waals surface area contributed by atoms with Gasteiger partial charge in [-0.15, -0.1) is 0 Å². The summed E-state index contributed by atoms with van der Waals surface area (Å²) < 4.78 is 40.9. The summed E-state index contributed by atoms with van der Waals surface area (Å²) in [6, 6.07) is 13.2. The lowest BCUT2D eigenvalue weighted by Crippen LogP contribution is -2.60. The molecule has 0 saturated heterocycles. The van der Waals surface area contributed by atoms with Gasteiger partial charge >= 0.3 is 5.97 Å². The number of hydrogen-bond acceptors (Lipinski definition) is 7. The molecule has 0 saturated carbocycles. The third-order valence-electron chi connectivity index (χ3n) is 6.98. The van der Waals surface area contributed by atoms with Gasteiger partial charge in [0.2, 0.25) is 10.0 Å². The van der Waals surface area contributed by atoms with E-state index in [4.69, 9.17) is 9.15 Å². The minimum atomic E-state index is -4.47. The number of sulfonamides is 1. The molecule has 0 aliphatic heterocycles. The topological polar surface area (TPSA) is 132 Å². The van der Waals surface area contributed by atoms with E-state index < -0.39 is 38.7 Å². The highest BCUT2D eigenvalue weighted by Gasteiger charge is 2.46. The monoisotopic (exact) mass is 564 g/mol. The van der Waals surface area contributed by atoms with Crippen molar-refractivity contribution in [3.8, 4) is 0 Å². The van der Waals surface area contributed by atoms with Gasteiger partial charge in [-0.05, 0) is 43.5 Å². The molecule has 2 aromatic carbocycles. The van der Waals surface area contributed by atoms with Gasteiger partial charge in [-0.1, -0.05) is 68.5 Å². The Morgan fingerprint density at radius 3 is 2.23 bits per heavy atom. The Morgan fingerprint density at radius 1 is 1.00 bits per heavy atom. The first-order valence-corrected chi connectivity index (χ1v) is 14.3. The normalized spacial score (nSPS) is 19.5. The molecule has 1 aliphatic carbocycles. The van der Waals surface area contributed by atoms with E-state index in [0.29, 0.717) is 22.1 Å². The Morgan fingerprint density at radius 2 is 1.65 bits per heavy atom. The molecule has 0 spiro atoms. The summed E-state index contributed by atoms with van der Waals surface area (Å²) in [7, 11) is -3.29. The molecule has 210 valence electrons. The van der Waals surface area contributed by atoms with E-state index in [-0.39, 0.29) is 17.5 Å². The smallest absolute Gasteiger partial charge is 0.324 e. The lowest BCUT2D eigenvalue weighted by Gasteiger charge is -2.33. The molecule has 4 rings (SSSR count). The van der Waals surface area contributed by atoms with Gasteiger partial charge in [-0.2, -0.15) is 4.72 Å². The van der Waals surface area contributed by atoms with Crippen LogP contribution in [0.3, 0.4) is 0 Å². The number of ketones is 1. The van der Waals surface area contributed by atoms with Gasteiger partial charge < -0.3 is 14.5 Å². The van der Waals surface area contributed by atoms with E-state index in [0.717, 1.165) is 5.56 Å². The molecule has 1 atom stereocenters. The third kappa shape index (κ3) is 5.37. The molecule has 1 aromatic heterocycles. The fourth-order valence-corrected chi connectivity index (χ4v) is 6.38. The summed E-state index contributed by atoms with van der Waals surface area (Å²) in [5, 5.41) is 3.10. The SMILES string of the molecule is COC(=O)[C@@H](NS(=O)(=O)C1(NC(=O)c2oc3cccc(C(C)=O)c3c2C)C=CC(c2ccccc2)C=C1)C(C)C. The number of methoxy groups -OCH3 is 1. The lowest BCUT2D eigenvalue weighted by molar-refractivity contribution is -0.143. The molecular weight excluding hydrogens is 532 g/mol. The van der Waals surface area contributed by atoms with Crippen LogP contribution in [0.5, 0.6) is 0 Å². The summed E-state index contributed by atoms with van der Waals surface area (Å²) in [4.78, 5) is 36.2. The Labute approximate surface area is 233 Å². The molecule has 1 aliphatic rings. The van der Waals surface area contributed by atoms with Crippen molar-refractivity contribution < 1.29 is 32.0 Å². The molecule has 0 radical (unpaired) electrons. The van der Waals surface area contributed by atoms with Gasteiger partial charge in [0.1, 0.15) is 11.6 Å². The molecule has 1 heterocycles. The van der Waals surface area contributed by atoms with Crippen LogP contribution in [0.15, 0.2) is 77.3 Å². The summed E-state index contributed by atoms with van der Waals surface area (Å²) in [5.41, 5.74) is 2.05. The number of ether oxygens (including phenoxy) is 1. The minimum absolute atomic E-state index is 0.126. The quantitative estimate of drug-likeness (QED) is 0.224. The fraction of sp³-hybridized carbons (Fsp3) is 0.300. The number of furan rings is 1. The predicted octanol–water partition coefficient (Wildman–Crippen LogP) is 4.40. The maximum atomic E-state index is 13.9. The number of Topliss-reactive ketones (excluding diaryl/α,β-unsaturated/α-hetero) is 1. The number of aryl methyl sites for hydroxylation is 1. The van der Waals surface area contributed by atoms with Crippen molar-refractivity contribution in [2.75, 3.05) is 7.11 Å². The number of allylic oxidation sites excluding steroid dienone is 2. The van der Waals surface area contributed by atoms with Crippen molar-refractivity contribution >= 4 is 38.7 Å². The number of nitrogens with one attached hydrogen (secondary N) is 2. The Bertz CT molecular complexity index is 1600. The molecular formula is C30H32N2O7S. The maximum Gasteiger partial charge on any atom is 0.324 e. The molecule has 10 heteroatoms. The number of hydrogen-bond donors (Lipinski definition) is 2. The number of carbonyl (C=O) groups excluding carboxylic acids is 3. The van der Waals surface area contributed by atoms with Crippen molar-refractivity contribution in [1.29, 1.82) is 0 Å². The van der Waals surface area contributed by atoms with Gasteiger partial charge in [-0.25, -0.2) is 8.42 Å². The molecule has 2 N–H and O–H groups in total. The average Bonchev–Trinajstić information content (AvgIpc) is 3.28. The van der Waals surface area contributed by atoms with Crippen molar-refractivity contribution in [2.45, 2.75) is 44.5 Å². The van der Waals surface area contributed by atoms with Crippen LogP contribution in [-0.2, 0) is 19.6 Å². The van der Waals surface area contributed by atoms with E-state index in [1.54, 1.807) is 51.1 Å². The third-order valence-corrected chi connectivity index (χ3v) is 8.81. The van der Waals surface area contributed by atoms with Crippen molar-refractivity contribution in [3.63, 3.8) is 0 Å². The van der Waals surface area contributed by atoms with Crippen LogP contribution in [0, 0.1) is 12.8 Å². The van der Waals surface area contributed by atoms with Gasteiger partial charge in [0.05, 0.1) is 7.11 Å². The molecule has 0 bridgehead atoms. The van der Waals surface area contributed by atoms with E-state index in [1.165, 1.54) is 26.2 Å². The molecule has 3 aromatic rings. The highest BCUT2D eigenvalue weighted by molar-refractivity contribution is 7.91. The second kappa shape index (κ2) is 11.2. The van der Waals surface area contributed by atoms with Crippen LogP contribution in [0.4, 0.5) is 0 Å². The van der Waals surface area contributed by atoms with E-state index in [9.17, 15) is 22.8 Å². The van der Waals surface area contributed by atoms with E-state index in [2.05, 4.69) is 10.0 Å². The molecule has 9 nitrogen and oxygen atoms in total. The Hall–Kier alpha value is -4.02. The summed E-state index contributed by atoms with van der Waals surface area (Å²) in [6.07, 6.45) is 6.13. The zero-order chi connectivity index (χ0) is 29.2. The lowest BCUT2D eigenvalue weighted by atomic mass is 9.93. The zero-order valence-corrected chi connectivity index (χ0v) is 23.7. The minimum Gasteiger partial charge on any atom is -0.468 e.